The molecule has 88 valence electrons. The predicted molar refractivity (Wildman–Crippen MR) is 68.4 cm³/mol. The summed E-state index contributed by atoms with van der Waals surface area (Å²) in [5.74, 6) is 0. The summed E-state index contributed by atoms with van der Waals surface area (Å²) in [5.41, 5.74) is 7.36. The Kier molecular flexibility index (Phi) is 3.97. The van der Waals surface area contributed by atoms with Crippen LogP contribution in [-0.2, 0) is 6.42 Å². The predicted octanol–water partition coefficient (Wildman–Crippen LogP) is 2.04. The standard InChI is InChI=1S/C14H22N2/c1-12(11-13-5-3-2-4-6-13)16-9-7-14(15)8-10-16/h2-6,12,14H,7-11,15H2,1H3/t12-/m0/s1. The third kappa shape index (κ3) is 3.06. The summed E-state index contributed by atoms with van der Waals surface area (Å²) in [5, 5.41) is 0. The molecule has 2 heteroatoms. The van der Waals surface area contributed by atoms with E-state index in [1.165, 1.54) is 5.56 Å². The normalized spacial score (nSPS) is 20.9. The van der Waals surface area contributed by atoms with E-state index in [0.29, 0.717) is 12.1 Å². The monoisotopic (exact) mass is 218 g/mol. The second-order valence-corrected chi connectivity index (χ2v) is 4.91. The van der Waals surface area contributed by atoms with Crippen molar-refractivity contribution in [3.05, 3.63) is 35.9 Å². The maximum absolute atomic E-state index is 5.92. The first-order chi connectivity index (χ1) is 7.75. The van der Waals surface area contributed by atoms with Crippen LogP contribution < -0.4 is 5.73 Å². The molecule has 1 aromatic carbocycles. The molecule has 1 saturated heterocycles. The first-order valence-corrected chi connectivity index (χ1v) is 6.29. The Morgan fingerprint density at radius 1 is 1.25 bits per heavy atom. The van der Waals surface area contributed by atoms with Crippen molar-refractivity contribution >= 4 is 0 Å². The van der Waals surface area contributed by atoms with Crippen molar-refractivity contribution in [2.75, 3.05) is 13.1 Å². The van der Waals surface area contributed by atoms with Crippen LogP contribution in [0.5, 0.6) is 0 Å². The lowest BCUT2D eigenvalue weighted by Crippen LogP contribution is -2.44. The van der Waals surface area contributed by atoms with Gasteiger partial charge in [0.05, 0.1) is 0 Å². The molecular formula is C14H22N2. The van der Waals surface area contributed by atoms with Crippen LogP contribution in [0.1, 0.15) is 25.3 Å². The zero-order valence-electron chi connectivity index (χ0n) is 10.1. The molecule has 0 aliphatic carbocycles. The molecule has 0 amide bonds. The van der Waals surface area contributed by atoms with Crippen molar-refractivity contribution < 1.29 is 0 Å². The topological polar surface area (TPSA) is 29.3 Å². The van der Waals surface area contributed by atoms with Gasteiger partial charge in [-0.3, -0.25) is 0 Å². The van der Waals surface area contributed by atoms with Gasteiger partial charge in [-0.15, -0.1) is 0 Å². The highest BCUT2D eigenvalue weighted by atomic mass is 15.2. The number of hydrogen-bond acceptors (Lipinski definition) is 2. The number of piperidine rings is 1. The molecule has 0 unspecified atom stereocenters. The minimum absolute atomic E-state index is 0.431. The van der Waals surface area contributed by atoms with Gasteiger partial charge >= 0.3 is 0 Å². The van der Waals surface area contributed by atoms with Crippen LogP contribution in [0.4, 0.5) is 0 Å². The lowest BCUT2D eigenvalue weighted by molar-refractivity contribution is 0.162. The van der Waals surface area contributed by atoms with Crippen molar-refractivity contribution in [3.63, 3.8) is 0 Å². The second-order valence-electron chi connectivity index (χ2n) is 4.91. The van der Waals surface area contributed by atoms with Gasteiger partial charge in [-0.2, -0.15) is 0 Å². The molecule has 0 spiro atoms. The fourth-order valence-electron chi connectivity index (χ4n) is 2.44. The molecule has 1 atom stereocenters. The minimum Gasteiger partial charge on any atom is -0.328 e. The average Bonchev–Trinajstić information content (AvgIpc) is 2.31. The Balaban J connectivity index is 1.86. The Labute approximate surface area is 98.4 Å². The van der Waals surface area contributed by atoms with Crippen LogP contribution in [0.3, 0.4) is 0 Å². The van der Waals surface area contributed by atoms with Crippen LogP contribution in [0.2, 0.25) is 0 Å². The lowest BCUT2D eigenvalue weighted by Gasteiger charge is -2.34. The molecule has 16 heavy (non-hydrogen) atoms. The smallest absolute Gasteiger partial charge is 0.0107 e. The summed E-state index contributed by atoms with van der Waals surface area (Å²) in [6.07, 6.45) is 3.45. The molecule has 2 rings (SSSR count). The summed E-state index contributed by atoms with van der Waals surface area (Å²) >= 11 is 0. The molecule has 1 aliphatic rings. The fraction of sp³-hybridized carbons (Fsp3) is 0.571. The maximum atomic E-state index is 5.92. The van der Waals surface area contributed by atoms with E-state index in [1.807, 2.05) is 0 Å². The van der Waals surface area contributed by atoms with E-state index in [9.17, 15) is 0 Å². The summed E-state index contributed by atoms with van der Waals surface area (Å²) in [4.78, 5) is 2.57. The largest absolute Gasteiger partial charge is 0.328 e. The molecular weight excluding hydrogens is 196 g/mol. The van der Waals surface area contributed by atoms with E-state index in [1.54, 1.807) is 0 Å². The van der Waals surface area contributed by atoms with E-state index in [4.69, 9.17) is 5.73 Å². The lowest BCUT2D eigenvalue weighted by atomic mass is 10.0. The maximum Gasteiger partial charge on any atom is 0.0107 e. The molecule has 0 saturated carbocycles. The van der Waals surface area contributed by atoms with E-state index >= 15 is 0 Å². The van der Waals surface area contributed by atoms with Gasteiger partial charge in [0.2, 0.25) is 0 Å². The highest BCUT2D eigenvalue weighted by Crippen LogP contribution is 2.14. The SMILES string of the molecule is C[C@@H](Cc1ccccc1)N1CCC(N)CC1. The first-order valence-electron chi connectivity index (χ1n) is 6.29. The molecule has 1 fully saturated rings. The Bertz CT molecular complexity index is 302. The second kappa shape index (κ2) is 5.46. The average molecular weight is 218 g/mol. The van der Waals surface area contributed by atoms with Gasteiger partial charge in [-0.25, -0.2) is 0 Å². The van der Waals surface area contributed by atoms with Gasteiger partial charge in [-0.05, 0) is 44.8 Å². The summed E-state index contributed by atoms with van der Waals surface area (Å²) in [6, 6.07) is 11.8. The molecule has 1 aromatic rings. The minimum atomic E-state index is 0.431. The van der Waals surface area contributed by atoms with Gasteiger partial charge < -0.3 is 10.6 Å². The van der Waals surface area contributed by atoms with Gasteiger partial charge in [0, 0.05) is 12.1 Å². The van der Waals surface area contributed by atoms with Crippen molar-refractivity contribution in [3.8, 4) is 0 Å². The first kappa shape index (κ1) is 11.6. The van der Waals surface area contributed by atoms with Gasteiger partial charge in [0.15, 0.2) is 0 Å². The fourth-order valence-corrected chi connectivity index (χ4v) is 2.44. The zero-order chi connectivity index (χ0) is 11.4. The van der Waals surface area contributed by atoms with Crippen LogP contribution in [0, 0.1) is 0 Å². The Hall–Kier alpha value is -0.860. The number of likely N-dealkylation sites (tertiary alicyclic amines) is 1. The molecule has 2 nitrogen and oxygen atoms in total. The van der Waals surface area contributed by atoms with Crippen molar-refractivity contribution in [2.24, 2.45) is 5.73 Å². The summed E-state index contributed by atoms with van der Waals surface area (Å²) in [6.45, 7) is 4.65. The van der Waals surface area contributed by atoms with Crippen molar-refractivity contribution in [2.45, 2.75) is 38.3 Å². The summed E-state index contributed by atoms with van der Waals surface area (Å²) in [7, 11) is 0. The van der Waals surface area contributed by atoms with Crippen LogP contribution in [-0.4, -0.2) is 30.1 Å². The summed E-state index contributed by atoms with van der Waals surface area (Å²) < 4.78 is 0. The van der Waals surface area contributed by atoms with E-state index in [2.05, 4.69) is 42.2 Å². The van der Waals surface area contributed by atoms with Crippen LogP contribution >= 0.6 is 0 Å². The van der Waals surface area contributed by atoms with E-state index in [-0.39, 0.29) is 0 Å². The highest BCUT2D eigenvalue weighted by Gasteiger charge is 2.20. The van der Waals surface area contributed by atoms with E-state index < -0.39 is 0 Å². The van der Waals surface area contributed by atoms with Gasteiger partial charge in [0.1, 0.15) is 0 Å². The third-order valence-electron chi connectivity index (χ3n) is 3.57. The third-order valence-corrected chi connectivity index (χ3v) is 3.57. The van der Waals surface area contributed by atoms with E-state index in [0.717, 1.165) is 32.4 Å². The number of nitrogens with zero attached hydrogens (tertiary/aromatic N) is 1. The molecule has 0 aromatic heterocycles. The molecule has 2 N–H and O–H groups in total. The zero-order valence-corrected chi connectivity index (χ0v) is 10.1. The number of rotatable bonds is 3. The molecule has 0 bridgehead atoms. The van der Waals surface area contributed by atoms with Crippen LogP contribution in [0.25, 0.3) is 0 Å². The number of hydrogen-bond donors (Lipinski definition) is 1. The number of nitrogens with two attached hydrogens (primary N) is 1. The Morgan fingerprint density at radius 2 is 1.88 bits per heavy atom. The Morgan fingerprint density at radius 3 is 2.50 bits per heavy atom. The highest BCUT2D eigenvalue weighted by molar-refractivity contribution is 5.15. The molecule has 1 heterocycles. The van der Waals surface area contributed by atoms with Gasteiger partial charge in [0.25, 0.3) is 0 Å². The van der Waals surface area contributed by atoms with Crippen molar-refractivity contribution in [1.29, 1.82) is 0 Å². The quantitative estimate of drug-likeness (QED) is 0.841. The molecule has 1 aliphatic heterocycles. The number of benzene rings is 1. The van der Waals surface area contributed by atoms with Gasteiger partial charge in [-0.1, -0.05) is 30.3 Å². The van der Waals surface area contributed by atoms with Crippen LogP contribution in [0.15, 0.2) is 30.3 Å². The molecule has 0 radical (unpaired) electrons. The van der Waals surface area contributed by atoms with Crippen molar-refractivity contribution in [1.82, 2.24) is 4.90 Å².